The van der Waals surface area contributed by atoms with Crippen molar-refractivity contribution in [1.82, 2.24) is 9.80 Å². The van der Waals surface area contributed by atoms with E-state index in [9.17, 15) is 4.79 Å². The molecule has 1 aromatic rings. The molecular weight excluding hydrogens is 264 g/mol. The van der Waals surface area contributed by atoms with E-state index in [1.807, 2.05) is 19.1 Å². The minimum Gasteiger partial charge on any atom is -0.462 e. The quantitative estimate of drug-likeness (QED) is 0.797. The Morgan fingerprint density at radius 1 is 1.19 bits per heavy atom. The van der Waals surface area contributed by atoms with E-state index in [1.54, 1.807) is 0 Å². The maximum absolute atomic E-state index is 11.7. The molecule has 2 aliphatic heterocycles. The van der Waals surface area contributed by atoms with Gasteiger partial charge in [-0.05, 0) is 50.4 Å². The van der Waals surface area contributed by atoms with Crippen LogP contribution in [0.25, 0.3) is 0 Å². The Morgan fingerprint density at radius 3 is 2.71 bits per heavy atom. The molecule has 114 valence electrons. The molecule has 4 nitrogen and oxygen atoms in total. The van der Waals surface area contributed by atoms with Crippen molar-refractivity contribution < 1.29 is 9.53 Å². The molecule has 2 saturated heterocycles. The first-order valence-corrected chi connectivity index (χ1v) is 8.02. The summed E-state index contributed by atoms with van der Waals surface area (Å²) in [6.45, 7) is 6.92. The minimum absolute atomic E-state index is 0.232. The van der Waals surface area contributed by atoms with Crippen LogP contribution in [-0.4, -0.2) is 48.2 Å². The fourth-order valence-corrected chi connectivity index (χ4v) is 3.49. The fourth-order valence-electron chi connectivity index (χ4n) is 3.49. The van der Waals surface area contributed by atoms with Crippen molar-refractivity contribution in [1.29, 1.82) is 0 Å². The number of carbonyl (C=O) groups is 1. The summed E-state index contributed by atoms with van der Waals surface area (Å²) in [6, 6.07) is 7.87. The summed E-state index contributed by atoms with van der Waals surface area (Å²) in [5.41, 5.74) is 1.92. The first-order valence-electron chi connectivity index (χ1n) is 8.02. The molecule has 21 heavy (non-hydrogen) atoms. The van der Waals surface area contributed by atoms with Crippen LogP contribution in [0.1, 0.15) is 42.1 Å². The zero-order valence-electron chi connectivity index (χ0n) is 12.8. The topological polar surface area (TPSA) is 32.8 Å². The molecule has 0 aromatic heterocycles. The van der Waals surface area contributed by atoms with Gasteiger partial charge in [0, 0.05) is 19.6 Å². The van der Waals surface area contributed by atoms with Gasteiger partial charge in [-0.2, -0.15) is 0 Å². The average molecular weight is 288 g/mol. The van der Waals surface area contributed by atoms with E-state index in [1.165, 1.54) is 44.5 Å². The molecule has 2 aliphatic rings. The third kappa shape index (κ3) is 3.27. The predicted molar refractivity (Wildman–Crippen MR) is 82.0 cm³/mol. The lowest BCUT2D eigenvalue weighted by molar-refractivity contribution is 0.0286. The summed E-state index contributed by atoms with van der Waals surface area (Å²) >= 11 is 0. The Kier molecular flexibility index (Phi) is 4.56. The SMILES string of the molecule is CCOC(=O)c1ccc(CN2CCCN3CCCC32)cc1. The summed E-state index contributed by atoms with van der Waals surface area (Å²) < 4.78 is 5.02. The van der Waals surface area contributed by atoms with E-state index >= 15 is 0 Å². The van der Waals surface area contributed by atoms with Crippen LogP contribution in [0.15, 0.2) is 24.3 Å². The summed E-state index contributed by atoms with van der Waals surface area (Å²) in [7, 11) is 0. The van der Waals surface area contributed by atoms with Crippen molar-refractivity contribution in [2.45, 2.75) is 38.9 Å². The summed E-state index contributed by atoms with van der Waals surface area (Å²) in [5, 5.41) is 0. The van der Waals surface area contributed by atoms with Gasteiger partial charge in [-0.15, -0.1) is 0 Å². The highest BCUT2D eigenvalue weighted by Gasteiger charge is 2.32. The molecule has 1 unspecified atom stereocenters. The van der Waals surface area contributed by atoms with Gasteiger partial charge in [-0.1, -0.05) is 12.1 Å². The van der Waals surface area contributed by atoms with E-state index in [0.29, 0.717) is 18.3 Å². The van der Waals surface area contributed by atoms with Gasteiger partial charge < -0.3 is 4.74 Å². The van der Waals surface area contributed by atoms with Crippen molar-refractivity contribution in [2.24, 2.45) is 0 Å². The molecule has 0 aliphatic carbocycles. The maximum atomic E-state index is 11.7. The van der Waals surface area contributed by atoms with Gasteiger partial charge in [-0.3, -0.25) is 9.80 Å². The smallest absolute Gasteiger partial charge is 0.338 e. The molecule has 0 N–H and O–H groups in total. The highest BCUT2D eigenvalue weighted by Crippen LogP contribution is 2.26. The number of nitrogens with zero attached hydrogens (tertiary/aromatic N) is 2. The van der Waals surface area contributed by atoms with Crippen LogP contribution in [0.2, 0.25) is 0 Å². The van der Waals surface area contributed by atoms with Gasteiger partial charge in [0.1, 0.15) is 0 Å². The molecule has 3 rings (SSSR count). The van der Waals surface area contributed by atoms with E-state index < -0.39 is 0 Å². The number of carbonyl (C=O) groups excluding carboxylic acids is 1. The molecule has 2 fully saturated rings. The molecule has 1 aromatic carbocycles. The molecule has 2 heterocycles. The van der Waals surface area contributed by atoms with Gasteiger partial charge in [0.2, 0.25) is 0 Å². The summed E-state index contributed by atoms with van der Waals surface area (Å²) in [5.74, 6) is -0.232. The fraction of sp³-hybridized carbons (Fsp3) is 0.588. The highest BCUT2D eigenvalue weighted by atomic mass is 16.5. The standard InChI is InChI=1S/C17H24N2O2/c1-2-21-17(20)15-8-6-14(7-9-15)13-19-12-4-11-18-10-3-5-16(18)19/h6-9,16H,2-5,10-13H2,1H3. The summed E-state index contributed by atoms with van der Waals surface area (Å²) in [4.78, 5) is 16.8. The third-order valence-corrected chi connectivity index (χ3v) is 4.49. The van der Waals surface area contributed by atoms with Crippen molar-refractivity contribution in [2.75, 3.05) is 26.2 Å². The summed E-state index contributed by atoms with van der Waals surface area (Å²) in [6.07, 6.45) is 4.50. The number of benzene rings is 1. The van der Waals surface area contributed by atoms with E-state index in [0.717, 1.165) is 6.54 Å². The molecule has 0 amide bonds. The Labute approximate surface area is 126 Å². The van der Waals surface area contributed by atoms with Crippen LogP contribution in [-0.2, 0) is 11.3 Å². The van der Waals surface area contributed by atoms with Crippen LogP contribution in [0.3, 0.4) is 0 Å². The lowest BCUT2D eigenvalue weighted by atomic mass is 10.1. The predicted octanol–water partition coefficient (Wildman–Crippen LogP) is 2.49. The monoisotopic (exact) mass is 288 g/mol. The molecule has 0 spiro atoms. The molecular formula is C17H24N2O2. The minimum atomic E-state index is -0.232. The number of hydrogen-bond donors (Lipinski definition) is 0. The molecule has 0 radical (unpaired) electrons. The average Bonchev–Trinajstić information content (AvgIpc) is 2.98. The van der Waals surface area contributed by atoms with Crippen molar-refractivity contribution >= 4 is 5.97 Å². The lowest BCUT2D eigenvalue weighted by Gasteiger charge is -2.40. The van der Waals surface area contributed by atoms with Crippen molar-refractivity contribution in [3.05, 3.63) is 35.4 Å². The van der Waals surface area contributed by atoms with E-state index in [4.69, 9.17) is 4.74 Å². The van der Waals surface area contributed by atoms with Crippen LogP contribution in [0, 0.1) is 0 Å². The second kappa shape index (κ2) is 6.58. The van der Waals surface area contributed by atoms with Gasteiger partial charge in [-0.25, -0.2) is 4.79 Å². The van der Waals surface area contributed by atoms with Gasteiger partial charge in [0.15, 0.2) is 0 Å². The largest absolute Gasteiger partial charge is 0.462 e. The zero-order chi connectivity index (χ0) is 14.7. The maximum Gasteiger partial charge on any atom is 0.338 e. The Morgan fingerprint density at radius 2 is 1.95 bits per heavy atom. The lowest BCUT2D eigenvalue weighted by Crippen LogP contribution is -2.49. The normalized spacial score (nSPS) is 23.0. The van der Waals surface area contributed by atoms with Crippen molar-refractivity contribution in [3.8, 4) is 0 Å². The van der Waals surface area contributed by atoms with Gasteiger partial charge in [0.25, 0.3) is 0 Å². The number of ether oxygens (including phenoxy) is 1. The van der Waals surface area contributed by atoms with Gasteiger partial charge in [0.05, 0.1) is 18.3 Å². The van der Waals surface area contributed by atoms with E-state index in [-0.39, 0.29) is 5.97 Å². The van der Waals surface area contributed by atoms with Crippen molar-refractivity contribution in [3.63, 3.8) is 0 Å². The van der Waals surface area contributed by atoms with Crippen LogP contribution >= 0.6 is 0 Å². The Bertz CT molecular complexity index is 486. The first-order chi connectivity index (χ1) is 10.3. The highest BCUT2D eigenvalue weighted by molar-refractivity contribution is 5.89. The molecule has 4 heteroatoms. The van der Waals surface area contributed by atoms with E-state index in [2.05, 4.69) is 21.9 Å². The third-order valence-electron chi connectivity index (χ3n) is 4.49. The van der Waals surface area contributed by atoms with Crippen LogP contribution < -0.4 is 0 Å². The second-order valence-corrected chi connectivity index (χ2v) is 5.90. The number of hydrogen-bond acceptors (Lipinski definition) is 4. The van der Waals surface area contributed by atoms with Crippen LogP contribution in [0.4, 0.5) is 0 Å². The Hall–Kier alpha value is -1.39. The molecule has 0 saturated carbocycles. The van der Waals surface area contributed by atoms with Gasteiger partial charge >= 0.3 is 5.97 Å². The molecule has 0 bridgehead atoms. The van der Waals surface area contributed by atoms with Crippen LogP contribution in [0.5, 0.6) is 0 Å². The zero-order valence-corrected chi connectivity index (χ0v) is 12.8. The first kappa shape index (κ1) is 14.5. The number of rotatable bonds is 4. The second-order valence-electron chi connectivity index (χ2n) is 5.90. The Balaban J connectivity index is 1.63. The number of esters is 1. The molecule has 1 atom stereocenters. The number of fused-ring (bicyclic) bond motifs is 1.